The summed E-state index contributed by atoms with van der Waals surface area (Å²) in [5, 5.41) is 2.69. The van der Waals surface area contributed by atoms with Crippen molar-refractivity contribution in [2.24, 2.45) is 0 Å². The van der Waals surface area contributed by atoms with Crippen LogP contribution in [0.15, 0.2) is 45.5 Å². The van der Waals surface area contributed by atoms with Gasteiger partial charge in [0.25, 0.3) is 0 Å². The van der Waals surface area contributed by atoms with Crippen molar-refractivity contribution in [3.63, 3.8) is 0 Å². The molecule has 0 spiro atoms. The third-order valence-corrected chi connectivity index (χ3v) is 2.85. The summed E-state index contributed by atoms with van der Waals surface area (Å²) in [6.45, 7) is 1.76. The van der Waals surface area contributed by atoms with Crippen molar-refractivity contribution < 1.29 is 18.7 Å². The lowest BCUT2D eigenvalue weighted by molar-refractivity contribution is -0.115. The van der Waals surface area contributed by atoms with Gasteiger partial charge in [0.2, 0.25) is 11.7 Å². The minimum atomic E-state index is -0.602. The number of benzene rings is 1. The monoisotopic (exact) mass is 337 g/mol. The summed E-state index contributed by atoms with van der Waals surface area (Å²) in [6.07, 6.45) is 0.379. The molecule has 5 nitrogen and oxygen atoms in total. The van der Waals surface area contributed by atoms with E-state index in [0.29, 0.717) is 22.5 Å². The van der Waals surface area contributed by atoms with Crippen LogP contribution < -0.4 is 10.1 Å². The van der Waals surface area contributed by atoms with Crippen LogP contribution in [-0.2, 0) is 4.79 Å². The zero-order chi connectivity index (χ0) is 14.5. The molecule has 0 aliphatic heterocycles. The van der Waals surface area contributed by atoms with Crippen LogP contribution in [0.5, 0.6) is 5.75 Å². The third-order valence-electron chi connectivity index (χ3n) is 2.42. The molecule has 1 aromatic heterocycles. The smallest absolute Gasteiger partial charge is 0.379 e. The average molecular weight is 338 g/mol. The maximum atomic E-state index is 11.8. The molecule has 1 heterocycles. The van der Waals surface area contributed by atoms with E-state index in [0.717, 1.165) is 0 Å². The normalized spacial score (nSPS) is 10.1. The molecule has 20 heavy (non-hydrogen) atoms. The van der Waals surface area contributed by atoms with Crippen molar-refractivity contribution in [2.75, 3.05) is 5.32 Å². The molecule has 104 valence electrons. The molecule has 6 heteroatoms. The number of carbonyl (C=O) groups excluding carboxylic acids is 2. The van der Waals surface area contributed by atoms with E-state index in [-0.39, 0.29) is 11.7 Å². The Hall–Kier alpha value is -2.08. The fraction of sp³-hybridized carbons (Fsp3) is 0.143. The number of carbonyl (C=O) groups is 2. The Balaban J connectivity index is 2.08. The molecule has 0 bridgehead atoms. The molecular formula is C14H12BrNO4. The molecule has 0 radical (unpaired) electrons. The van der Waals surface area contributed by atoms with Gasteiger partial charge in [0.1, 0.15) is 5.75 Å². The Bertz CT molecular complexity index is 636. The van der Waals surface area contributed by atoms with Gasteiger partial charge in [0, 0.05) is 18.2 Å². The van der Waals surface area contributed by atoms with Gasteiger partial charge in [-0.1, -0.05) is 13.0 Å². The number of esters is 1. The molecular weight excluding hydrogens is 326 g/mol. The highest BCUT2D eigenvalue weighted by atomic mass is 79.9. The van der Waals surface area contributed by atoms with Crippen molar-refractivity contribution >= 4 is 33.5 Å². The van der Waals surface area contributed by atoms with E-state index < -0.39 is 5.97 Å². The maximum Gasteiger partial charge on any atom is 0.379 e. The van der Waals surface area contributed by atoms with Crippen molar-refractivity contribution in [2.45, 2.75) is 13.3 Å². The second-order valence-corrected chi connectivity index (χ2v) is 4.70. The topological polar surface area (TPSA) is 68.5 Å². The Kier molecular flexibility index (Phi) is 4.57. The molecule has 0 saturated carbocycles. The summed E-state index contributed by atoms with van der Waals surface area (Å²) in [5.41, 5.74) is 0.572. The lowest BCUT2D eigenvalue weighted by Crippen LogP contribution is -2.10. The molecule has 1 amide bonds. The van der Waals surface area contributed by atoms with Crippen LogP contribution in [0.25, 0.3) is 0 Å². The zero-order valence-corrected chi connectivity index (χ0v) is 12.3. The summed E-state index contributed by atoms with van der Waals surface area (Å²) in [7, 11) is 0. The predicted octanol–water partition coefficient (Wildman–Crippen LogP) is 3.61. The number of anilines is 1. The van der Waals surface area contributed by atoms with Gasteiger partial charge in [0.05, 0.1) is 0 Å². The highest BCUT2D eigenvalue weighted by molar-refractivity contribution is 9.10. The van der Waals surface area contributed by atoms with E-state index in [9.17, 15) is 9.59 Å². The Morgan fingerprint density at radius 2 is 2.10 bits per heavy atom. The first-order valence-corrected chi connectivity index (χ1v) is 6.75. The van der Waals surface area contributed by atoms with Gasteiger partial charge >= 0.3 is 5.97 Å². The Labute approximate surface area is 124 Å². The van der Waals surface area contributed by atoms with Gasteiger partial charge in [-0.05, 0) is 40.2 Å². The third kappa shape index (κ3) is 3.71. The molecule has 0 atom stereocenters. The van der Waals surface area contributed by atoms with E-state index in [2.05, 4.69) is 21.2 Å². The molecule has 1 N–H and O–H groups in total. The highest BCUT2D eigenvalue weighted by Gasteiger charge is 2.13. The second kappa shape index (κ2) is 6.38. The van der Waals surface area contributed by atoms with Crippen LogP contribution in [0.1, 0.15) is 23.9 Å². The standard InChI is InChI=1S/C14H12BrNO4/c1-2-13(17)16-9-4-3-5-10(8-9)19-14(18)11-6-7-12(15)20-11/h3-8H,2H2,1H3,(H,16,17). The maximum absolute atomic E-state index is 11.8. The van der Waals surface area contributed by atoms with Crippen LogP contribution in [-0.4, -0.2) is 11.9 Å². The first-order chi connectivity index (χ1) is 9.58. The number of halogens is 1. The summed E-state index contributed by atoms with van der Waals surface area (Å²) in [4.78, 5) is 23.1. The number of amides is 1. The molecule has 0 unspecified atom stereocenters. The van der Waals surface area contributed by atoms with E-state index in [1.54, 1.807) is 37.3 Å². The van der Waals surface area contributed by atoms with Gasteiger partial charge in [-0.2, -0.15) is 0 Å². The largest absolute Gasteiger partial charge is 0.442 e. The van der Waals surface area contributed by atoms with Gasteiger partial charge in [-0.25, -0.2) is 4.79 Å². The van der Waals surface area contributed by atoms with Crippen LogP contribution in [0.2, 0.25) is 0 Å². The van der Waals surface area contributed by atoms with Crippen LogP contribution in [0.3, 0.4) is 0 Å². The summed E-state index contributed by atoms with van der Waals surface area (Å²) in [6, 6.07) is 9.71. The highest BCUT2D eigenvalue weighted by Crippen LogP contribution is 2.20. The van der Waals surface area contributed by atoms with Crippen molar-refractivity contribution in [1.29, 1.82) is 0 Å². The number of rotatable bonds is 4. The van der Waals surface area contributed by atoms with Crippen LogP contribution in [0.4, 0.5) is 5.69 Å². The summed E-state index contributed by atoms with van der Waals surface area (Å²) >= 11 is 3.11. The first kappa shape index (κ1) is 14.3. The van der Waals surface area contributed by atoms with Gasteiger partial charge < -0.3 is 14.5 Å². The van der Waals surface area contributed by atoms with Crippen LogP contribution in [0, 0.1) is 0 Å². The first-order valence-electron chi connectivity index (χ1n) is 5.96. The average Bonchev–Trinajstić information content (AvgIpc) is 2.86. The van der Waals surface area contributed by atoms with E-state index in [4.69, 9.17) is 9.15 Å². The lowest BCUT2D eigenvalue weighted by atomic mass is 10.3. The lowest BCUT2D eigenvalue weighted by Gasteiger charge is -2.06. The van der Waals surface area contributed by atoms with Crippen LogP contribution >= 0.6 is 15.9 Å². The summed E-state index contributed by atoms with van der Waals surface area (Å²) < 4.78 is 10.7. The minimum Gasteiger partial charge on any atom is -0.442 e. The molecule has 0 fully saturated rings. The molecule has 1 aromatic carbocycles. The fourth-order valence-corrected chi connectivity index (χ4v) is 1.77. The minimum absolute atomic E-state index is 0.0971. The van der Waals surface area contributed by atoms with Gasteiger partial charge in [-0.3, -0.25) is 4.79 Å². The molecule has 0 aliphatic rings. The number of nitrogens with one attached hydrogen (secondary N) is 1. The van der Waals surface area contributed by atoms with E-state index in [1.165, 1.54) is 6.07 Å². The van der Waals surface area contributed by atoms with Crippen molar-refractivity contribution in [3.05, 3.63) is 46.8 Å². The quantitative estimate of drug-likeness (QED) is 0.683. The Morgan fingerprint density at radius 1 is 1.30 bits per heavy atom. The molecule has 2 aromatic rings. The van der Waals surface area contributed by atoms with E-state index in [1.807, 2.05) is 0 Å². The van der Waals surface area contributed by atoms with Crippen molar-refractivity contribution in [1.82, 2.24) is 0 Å². The second-order valence-electron chi connectivity index (χ2n) is 3.92. The fourth-order valence-electron chi connectivity index (χ4n) is 1.47. The van der Waals surface area contributed by atoms with Crippen molar-refractivity contribution in [3.8, 4) is 5.75 Å². The Morgan fingerprint density at radius 3 is 2.75 bits per heavy atom. The predicted molar refractivity (Wildman–Crippen MR) is 76.7 cm³/mol. The number of hydrogen-bond acceptors (Lipinski definition) is 4. The molecule has 0 aliphatic carbocycles. The molecule has 2 rings (SSSR count). The van der Waals surface area contributed by atoms with Gasteiger partial charge in [0.15, 0.2) is 4.67 Å². The number of furan rings is 1. The number of ether oxygens (including phenoxy) is 1. The van der Waals surface area contributed by atoms with Gasteiger partial charge in [-0.15, -0.1) is 0 Å². The number of hydrogen-bond donors (Lipinski definition) is 1. The molecule has 0 saturated heterocycles. The van der Waals surface area contributed by atoms with E-state index >= 15 is 0 Å². The SMILES string of the molecule is CCC(=O)Nc1cccc(OC(=O)c2ccc(Br)o2)c1. The zero-order valence-electron chi connectivity index (χ0n) is 10.7. The summed E-state index contributed by atoms with van der Waals surface area (Å²) in [5.74, 6) is -0.283.